The molecule has 0 bridgehead atoms. The molecule has 2 saturated carbocycles. The van der Waals surface area contributed by atoms with Crippen molar-refractivity contribution < 1.29 is 0 Å². The van der Waals surface area contributed by atoms with Gasteiger partial charge >= 0.3 is 0 Å². The first-order valence-electron chi connectivity index (χ1n) is 6.81. The van der Waals surface area contributed by atoms with Gasteiger partial charge in [-0.15, -0.1) is 0 Å². The molecule has 1 atom stereocenters. The minimum atomic E-state index is 0.478. The van der Waals surface area contributed by atoms with Gasteiger partial charge in [0.25, 0.3) is 0 Å². The highest BCUT2D eigenvalue weighted by Gasteiger charge is 2.30. The minimum Gasteiger partial charge on any atom is -0.328 e. The van der Waals surface area contributed by atoms with Gasteiger partial charge in [0.05, 0.1) is 0 Å². The molecule has 0 radical (unpaired) electrons. The summed E-state index contributed by atoms with van der Waals surface area (Å²) < 4.78 is 0. The third kappa shape index (κ3) is 2.94. The number of nitrogens with one attached hydrogen (secondary N) is 1. The van der Waals surface area contributed by atoms with Crippen molar-refractivity contribution in [1.82, 2.24) is 5.32 Å². The molecule has 88 valence electrons. The Labute approximate surface area is 94.0 Å². The lowest BCUT2D eigenvalue weighted by molar-refractivity contribution is 0.198. The lowest BCUT2D eigenvalue weighted by Crippen LogP contribution is -2.53. The molecule has 2 aliphatic rings. The van der Waals surface area contributed by atoms with E-state index in [1.807, 2.05) is 0 Å². The Kier molecular flexibility index (Phi) is 4.04. The van der Waals surface area contributed by atoms with Crippen LogP contribution in [0, 0.1) is 5.92 Å². The van der Waals surface area contributed by atoms with Crippen LogP contribution in [-0.2, 0) is 0 Å². The van der Waals surface area contributed by atoms with Crippen molar-refractivity contribution in [3.63, 3.8) is 0 Å². The molecule has 3 N–H and O–H groups in total. The summed E-state index contributed by atoms with van der Waals surface area (Å²) in [6.07, 6.45) is 10.9. The summed E-state index contributed by atoms with van der Waals surface area (Å²) in [5.74, 6) is 0.945. The summed E-state index contributed by atoms with van der Waals surface area (Å²) in [5.41, 5.74) is 5.82. The zero-order valence-electron chi connectivity index (χ0n) is 10.0. The van der Waals surface area contributed by atoms with Crippen LogP contribution < -0.4 is 11.1 Å². The van der Waals surface area contributed by atoms with Crippen LogP contribution in [0.4, 0.5) is 0 Å². The smallest absolute Gasteiger partial charge is 0.00992 e. The van der Waals surface area contributed by atoms with E-state index in [9.17, 15) is 0 Å². The fraction of sp³-hybridized carbons (Fsp3) is 1.00. The first-order chi connectivity index (χ1) is 7.29. The summed E-state index contributed by atoms with van der Waals surface area (Å²) in [6.45, 7) is 2.32. The zero-order valence-corrected chi connectivity index (χ0v) is 10.0. The highest BCUT2D eigenvalue weighted by atomic mass is 15.0. The van der Waals surface area contributed by atoms with Crippen molar-refractivity contribution in [2.24, 2.45) is 11.7 Å². The molecule has 0 aromatic carbocycles. The van der Waals surface area contributed by atoms with E-state index in [0.29, 0.717) is 6.04 Å². The molecule has 2 fully saturated rings. The van der Waals surface area contributed by atoms with Gasteiger partial charge in [0.2, 0.25) is 0 Å². The highest BCUT2D eigenvalue weighted by molar-refractivity contribution is 4.91. The maximum atomic E-state index is 5.82. The lowest BCUT2D eigenvalue weighted by Gasteiger charge is -2.39. The van der Waals surface area contributed by atoms with Crippen molar-refractivity contribution >= 4 is 0 Å². The monoisotopic (exact) mass is 210 g/mol. The third-order valence-electron chi connectivity index (χ3n) is 4.28. The van der Waals surface area contributed by atoms with Gasteiger partial charge in [0.1, 0.15) is 0 Å². The van der Waals surface area contributed by atoms with Gasteiger partial charge in [-0.3, -0.25) is 0 Å². The van der Waals surface area contributed by atoms with Crippen LogP contribution in [0.25, 0.3) is 0 Å². The van der Waals surface area contributed by atoms with Crippen molar-refractivity contribution in [3.05, 3.63) is 0 Å². The Morgan fingerprint density at radius 2 is 1.87 bits per heavy atom. The summed E-state index contributed by atoms with van der Waals surface area (Å²) >= 11 is 0. The van der Waals surface area contributed by atoms with Crippen LogP contribution in [0.3, 0.4) is 0 Å². The second-order valence-electron chi connectivity index (χ2n) is 5.51. The van der Waals surface area contributed by atoms with Crippen LogP contribution >= 0.6 is 0 Å². The average Bonchev–Trinajstić information content (AvgIpc) is 2.24. The Balaban J connectivity index is 1.75. The van der Waals surface area contributed by atoms with E-state index in [4.69, 9.17) is 5.73 Å². The van der Waals surface area contributed by atoms with Crippen molar-refractivity contribution in [2.45, 2.75) is 76.4 Å². The lowest BCUT2D eigenvalue weighted by atomic mass is 9.80. The van der Waals surface area contributed by atoms with Crippen LogP contribution in [0.1, 0.15) is 58.3 Å². The highest BCUT2D eigenvalue weighted by Crippen LogP contribution is 2.29. The van der Waals surface area contributed by atoms with Crippen molar-refractivity contribution in [1.29, 1.82) is 0 Å². The normalized spacial score (nSPS) is 34.8. The molecular formula is C13H26N2. The molecule has 1 unspecified atom stereocenters. The second-order valence-corrected chi connectivity index (χ2v) is 5.51. The van der Waals surface area contributed by atoms with E-state index in [0.717, 1.165) is 18.0 Å². The maximum absolute atomic E-state index is 5.82. The number of rotatable bonds is 4. The van der Waals surface area contributed by atoms with Crippen LogP contribution in [0.2, 0.25) is 0 Å². The van der Waals surface area contributed by atoms with Crippen LogP contribution in [-0.4, -0.2) is 18.1 Å². The molecule has 0 spiro atoms. The number of hydrogen-bond donors (Lipinski definition) is 2. The fourth-order valence-corrected chi connectivity index (χ4v) is 3.22. The quantitative estimate of drug-likeness (QED) is 0.748. The maximum Gasteiger partial charge on any atom is 0.00992 e. The zero-order chi connectivity index (χ0) is 10.7. The van der Waals surface area contributed by atoms with Gasteiger partial charge in [-0.05, 0) is 38.0 Å². The molecule has 0 heterocycles. The molecule has 0 aromatic rings. The summed E-state index contributed by atoms with van der Waals surface area (Å²) in [5, 5.41) is 3.82. The van der Waals surface area contributed by atoms with Gasteiger partial charge in [0.15, 0.2) is 0 Å². The number of hydrogen-bond acceptors (Lipinski definition) is 2. The molecule has 0 amide bonds. The topological polar surface area (TPSA) is 38.0 Å². The van der Waals surface area contributed by atoms with Gasteiger partial charge in [0, 0.05) is 18.1 Å². The van der Waals surface area contributed by atoms with Gasteiger partial charge < -0.3 is 11.1 Å². The van der Waals surface area contributed by atoms with E-state index in [2.05, 4.69) is 12.2 Å². The van der Waals surface area contributed by atoms with E-state index in [1.54, 1.807) is 0 Å². The van der Waals surface area contributed by atoms with E-state index in [-0.39, 0.29) is 0 Å². The molecule has 2 rings (SSSR count). The fourth-order valence-electron chi connectivity index (χ4n) is 3.22. The Morgan fingerprint density at radius 1 is 1.20 bits per heavy atom. The standard InChI is InChI=1S/C13H26N2/c1-2-13(10-6-4-3-5-7-10)15-12-8-11(14)9-12/h10-13,15H,2-9,14H2,1H3. The molecule has 15 heavy (non-hydrogen) atoms. The SMILES string of the molecule is CCC(NC1CC(N)C1)C1CCCCC1. The number of nitrogens with two attached hydrogens (primary N) is 1. The van der Waals surface area contributed by atoms with E-state index in [1.165, 1.54) is 51.4 Å². The predicted octanol–water partition coefficient (Wildman–Crippen LogP) is 2.42. The van der Waals surface area contributed by atoms with E-state index < -0.39 is 0 Å². The third-order valence-corrected chi connectivity index (χ3v) is 4.28. The molecular weight excluding hydrogens is 184 g/mol. The second kappa shape index (κ2) is 5.31. The van der Waals surface area contributed by atoms with Gasteiger partial charge in [-0.1, -0.05) is 26.2 Å². The molecule has 0 aliphatic heterocycles. The summed E-state index contributed by atoms with van der Waals surface area (Å²) in [4.78, 5) is 0. The Morgan fingerprint density at radius 3 is 2.40 bits per heavy atom. The largest absolute Gasteiger partial charge is 0.328 e. The summed E-state index contributed by atoms with van der Waals surface area (Å²) in [6, 6.07) is 1.97. The predicted molar refractivity (Wildman–Crippen MR) is 64.8 cm³/mol. The first kappa shape index (κ1) is 11.4. The van der Waals surface area contributed by atoms with Crippen LogP contribution in [0.5, 0.6) is 0 Å². The Bertz CT molecular complexity index is 181. The molecule has 2 heteroatoms. The average molecular weight is 210 g/mol. The van der Waals surface area contributed by atoms with Crippen molar-refractivity contribution in [2.75, 3.05) is 0 Å². The molecule has 2 aliphatic carbocycles. The van der Waals surface area contributed by atoms with Crippen molar-refractivity contribution in [3.8, 4) is 0 Å². The Hall–Kier alpha value is -0.0800. The van der Waals surface area contributed by atoms with Gasteiger partial charge in [-0.25, -0.2) is 0 Å². The first-order valence-corrected chi connectivity index (χ1v) is 6.81. The molecule has 2 nitrogen and oxygen atoms in total. The molecule has 0 aromatic heterocycles. The minimum absolute atomic E-state index is 0.478. The van der Waals surface area contributed by atoms with Gasteiger partial charge in [-0.2, -0.15) is 0 Å². The van der Waals surface area contributed by atoms with E-state index >= 15 is 0 Å². The summed E-state index contributed by atoms with van der Waals surface area (Å²) in [7, 11) is 0. The van der Waals surface area contributed by atoms with Crippen LogP contribution in [0.15, 0.2) is 0 Å². The molecule has 0 saturated heterocycles.